The van der Waals surface area contributed by atoms with Crippen molar-refractivity contribution in [3.8, 4) is 0 Å². The Bertz CT molecular complexity index is 1300. The lowest BCUT2D eigenvalue weighted by molar-refractivity contribution is -0.380. The number of methoxy groups -OCH3 is 1. The van der Waals surface area contributed by atoms with Crippen molar-refractivity contribution in [2.24, 2.45) is 4.99 Å². The average Bonchev–Trinajstić information content (AvgIpc) is 3.37. The number of esters is 2. The molecule has 0 saturated heterocycles. The molecule has 3 rings (SSSR count). The van der Waals surface area contributed by atoms with Gasteiger partial charge in [-0.3, -0.25) is 19.7 Å². The van der Waals surface area contributed by atoms with Crippen LogP contribution in [-0.2, 0) is 25.6 Å². The maximum Gasteiger partial charge on any atom is 0.338 e. The molecule has 0 bridgehead atoms. The average molecular weight is 476 g/mol. The fourth-order valence-electron chi connectivity index (χ4n) is 2.66. The Labute approximate surface area is 189 Å². The van der Waals surface area contributed by atoms with Crippen molar-refractivity contribution in [2.45, 2.75) is 13.5 Å². The van der Waals surface area contributed by atoms with E-state index in [4.69, 9.17) is 9.47 Å². The normalized spacial score (nSPS) is 11.8. The summed E-state index contributed by atoms with van der Waals surface area (Å²) in [6, 6.07) is 7.70. The zero-order valence-electron chi connectivity index (χ0n) is 17.0. The molecule has 0 N–H and O–H groups in total. The van der Waals surface area contributed by atoms with Crippen LogP contribution in [0, 0.1) is 10.1 Å². The van der Waals surface area contributed by atoms with Crippen LogP contribution in [0.5, 0.6) is 0 Å². The standard InChI is InChI=1S/C20H17N3O7S2/c1-3-30-19(26)12-4-7-14-15(10-12)32-20(22(14)11-18(25)29-2)21-16(24)8-5-13-6-9-17(31-13)23(27)28/h4-10H,3,11H2,1-2H3. The molecule has 0 unspecified atom stereocenters. The van der Waals surface area contributed by atoms with Crippen LogP contribution in [0.3, 0.4) is 0 Å². The van der Waals surface area contributed by atoms with E-state index < -0.39 is 22.8 Å². The minimum absolute atomic E-state index is 0.0353. The van der Waals surface area contributed by atoms with E-state index in [9.17, 15) is 24.5 Å². The summed E-state index contributed by atoms with van der Waals surface area (Å²) >= 11 is 2.05. The molecular formula is C20H17N3O7S2. The molecule has 3 aromatic rings. The van der Waals surface area contributed by atoms with E-state index in [1.165, 1.54) is 36.0 Å². The van der Waals surface area contributed by atoms with Crippen LogP contribution in [-0.4, -0.2) is 41.1 Å². The molecule has 32 heavy (non-hydrogen) atoms. The molecule has 0 saturated carbocycles. The second-order valence-corrected chi connectivity index (χ2v) is 8.27. The third kappa shape index (κ3) is 5.34. The van der Waals surface area contributed by atoms with Crippen molar-refractivity contribution in [2.75, 3.05) is 13.7 Å². The summed E-state index contributed by atoms with van der Waals surface area (Å²) in [7, 11) is 1.25. The van der Waals surface area contributed by atoms with Gasteiger partial charge in [0.25, 0.3) is 5.91 Å². The number of ether oxygens (including phenoxy) is 2. The van der Waals surface area contributed by atoms with E-state index in [-0.39, 0.29) is 23.0 Å². The molecule has 0 fully saturated rings. The first-order valence-corrected chi connectivity index (χ1v) is 10.8. The van der Waals surface area contributed by atoms with E-state index in [0.29, 0.717) is 20.7 Å². The van der Waals surface area contributed by atoms with Gasteiger partial charge >= 0.3 is 16.9 Å². The molecule has 1 amide bonds. The number of fused-ring (bicyclic) bond motifs is 1. The summed E-state index contributed by atoms with van der Waals surface area (Å²) in [5, 5.41) is 10.7. The molecule has 12 heteroatoms. The number of rotatable bonds is 7. The molecule has 0 spiro atoms. The number of benzene rings is 1. The van der Waals surface area contributed by atoms with E-state index in [1.54, 1.807) is 25.1 Å². The van der Waals surface area contributed by atoms with Gasteiger partial charge in [-0.15, -0.1) is 0 Å². The lowest BCUT2D eigenvalue weighted by Gasteiger charge is -2.04. The quantitative estimate of drug-likeness (QED) is 0.222. The first-order chi connectivity index (χ1) is 15.3. The number of hydrogen-bond donors (Lipinski definition) is 0. The van der Waals surface area contributed by atoms with Gasteiger partial charge in [-0.05, 0) is 37.3 Å². The van der Waals surface area contributed by atoms with Crippen LogP contribution in [0.4, 0.5) is 5.00 Å². The molecule has 1 aromatic carbocycles. The largest absolute Gasteiger partial charge is 0.468 e. The van der Waals surface area contributed by atoms with Crippen molar-refractivity contribution in [3.05, 3.63) is 61.8 Å². The van der Waals surface area contributed by atoms with Gasteiger partial charge in [0.05, 0.1) is 34.4 Å². The number of carbonyl (C=O) groups excluding carboxylic acids is 3. The van der Waals surface area contributed by atoms with Crippen molar-refractivity contribution >= 4 is 61.8 Å². The van der Waals surface area contributed by atoms with Gasteiger partial charge in [0, 0.05) is 17.0 Å². The number of nitrogens with zero attached hydrogens (tertiary/aromatic N) is 3. The van der Waals surface area contributed by atoms with Gasteiger partial charge < -0.3 is 14.0 Å². The van der Waals surface area contributed by atoms with Gasteiger partial charge in [-0.2, -0.15) is 4.99 Å². The number of thiazole rings is 1. The van der Waals surface area contributed by atoms with Crippen LogP contribution in [0.1, 0.15) is 22.2 Å². The Balaban J connectivity index is 1.98. The minimum atomic E-state index is -0.614. The van der Waals surface area contributed by atoms with Crippen LogP contribution < -0.4 is 4.80 Å². The molecule has 0 aliphatic rings. The third-order valence-electron chi connectivity index (χ3n) is 4.10. The smallest absolute Gasteiger partial charge is 0.338 e. The van der Waals surface area contributed by atoms with E-state index in [1.807, 2.05) is 0 Å². The van der Waals surface area contributed by atoms with Crippen LogP contribution in [0.2, 0.25) is 0 Å². The number of amides is 1. The summed E-state index contributed by atoms with van der Waals surface area (Å²) in [6.07, 6.45) is 2.62. The fraction of sp³-hybridized carbons (Fsp3) is 0.200. The molecule has 0 atom stereocenters. The van der Waals surface area contributed by atoms with E-state index in [2.05, 4.69) is 4.99 Å². The topological polar surface area (TPSA) is 130 Å². The maximum absolute atomic E-state index is 12.4. The highest BCUT2D eigenvalue weighted by Crippen LogP contribution is 2.25. The predicted molar refractivity (Wildman–Crippen MR) is 118 cm³/mol. The predicted octanol–water partition coefficient (Wildman–Crippen LogP) is 3.16. The second-order valence-electron chi connectivity index (χ2n) is 6.17. The number of nitro groups is 1. The summed E-state index contributed by atoms with van der Waals surface area (Å²) in [5.74, 6) is -1.63. The number of aromatic nitrogens is 1. The first kappa shape index (κ1) is 23.0. The van der Waals surface area contributed by atoms with Gasteiger partial charge in [0.15, 0.2) is 4.80 Å². The summed E-state index contributed by atoms with van der Waals surface area (Å²) in [5.41, 5.74) is 0.931. The van der Waals surface area contributed by atoms with E-state index in [0.717, 1.165) is 22.7 Å². The number of thiophene rings is 1. The summed E-state index contributed by atoms with van der Waals surface area (Å²) in [6.45, 7) is 1.76. The van der Waals surface area contributed by atoms with Gasteiger partial charge in [-0.1, -0.05) is 22.7 Å². The first-order valence-electron chi connectivity index (χ1n) is 9.20. The van der Waals surface area contributed by atoms with Crippen LogP contribution >= 0.6 is 22.7 Å². The number of hydrogen-bond acceptors (Lipinski definition) is 9. The molecule has 2 heterocycles. The zero-order valence-corrected chi connectivity index (χ0v) is 18.6. The Morgan fingerprint density at radius 2 is 2.00 bits per heavy atom. The molecule has 0 radical (unpaired) electrons. The lowest BCUT2D eigenvalue weighted by atomic mass is 10.2. The minimum Gasteiger partial charge on any atom is -0.468 e. The fourth-order valence-corrected chi connectivity index (χ4v) is 4.46. The van der Waals surface area contributed by atoms with Crippen molar-refractivity contribution in [1.29, 1.82) is 0 Å². The molecule has 2 aromatic heterocycles. The highest BCUT2D eigenvalue weighted by atomic mass is 32.1. The van der Waals surface area contributed by atoms with Crippen LogP contribution in [0.25, 0.3) is 16.3 Å². The Morgan fingerprint density at radius 1 is 1.22 bits per heavy atom. The highest BCUT2D eigenvalue weighted by molar-refractivity contribution is 7.16. The Hall–Kier alpha value is -3.64. The van der Waals surface area contributed by atoms with Crippen molar-refractivity contribution < 1.29 is 28.8 Å². The Morgan fingerprint density at radius 3 is 2.66 bits per heavy atom. The summed E-state index contributed by atoms with van der Waals surface area (Å²) in [4.78, 5) is 51.4. The molecule has 166 valence electrons. The second kappa shape index (κ2) is 10.1. The van der Waals surface area contributed by atoms with Crippen molar-refractivity contribution in [1.82, 2.24) is 4.57 Å². The van der Waals surface area contributed by atoms with Gasteiger partial charge in [0.1, 0.15) is 6.54 Å². The molecule has 0 aliphatic carbocycles. The summed E-state index contributed by atoms with van der Waals surface area (Å²) < 4.78 is 11.9. The van der Waals surface area contributed by atoms with Crippen LogP contribution in [0.15, 0.2) is 41.4 Å². The third-order valence-corrected chi connectivity index (χ3v) is 6.14. The zero-order chi connectivity index (χ0) is 23.3. The van der Waals surface area contributed by atoms with Crippen molar-refractivity contribution in [3.63, 3.8) is 0 Å². The molecular weight excluding hydrogens is 458 g/mol. The number of carbonyl (C=O) groups is 3. The highest BCUT2D eigenvalue weighted by Gasteiger charge is 2.14. The monoisotopic (exact) mass is 475 g/mol. The van der Waals surface area contributed by atoms with E-state index >= 15 is 0 Å². The SMILES string of the molecule is CCOC(=O)c1ccc2c(c1)sc(=NC(=O)C=Cc1ccc([N+](=O)[O-])s1)n2CC(=O)OC. The molecule has 0 aliphatic heterocycles. The lowest BCUT2D eigenvalue weighted by Crippen LogP contribution is -2.22. The van der Waals surface area contributed by atoms with Gasteiger partial charge in [0.2, 0.25) is 0 Å². The maximum atomic E-state index is 12.4. The molecule has 10 nitrogen and oxygen atoms in total. The van der Waals surface area contributed by atoms with Gasteiger partial charge in [-0.25, -0.2) is 4.79 Å². The Kier molecular flexibility index (Phi) is 7.28.